The summed E-state index contributed by atoms with van der Waals surface area (Å²) in [4.78, 5) is 15.4. The summed E-state index contributed by atoms with van der Waals surface area (Å²) in [5.74, 6) is 0.896. The zero-order valence-electron chi connectivity index (χ0n) is 16.0. The molecule has 0 aromatic heterocycles. The fraction of sp³-hybridized carbons (Fsp3) is 0.381. The van der Waals surface area contributed by atoms with Crippen molar-refractivity contribution in [3.63, 3.8) is 0 Å². The first-order valence-electron chi connectivity index (χ1n) is 9.64. The average molecular weight is 424 g/mol. The van der Waals surface area contributed by atoms with Crippen molar-refractivity contribution in [1.29, 1.82) is 0 Å². The van der Waals surface area contributed by atoms with Gasteiger partial charge in [0.05, 0.1) is 0 Å². The Morgan fingerprint density at radius 3 is 2.18 bits per heavy atom. The summed E-state index contributed by atoms with van der Waals surface area (Å²) in [5, 5.41) is 4.36. The van der Waals surface area contributed by atoms with Gasteiger partial charge >= 0.3 is 0 Å². The van der Waals surface area contributed by atoms with E-state index in [9.17, 15) is 4.79 Å². The molecule has 1 amide bonds. The lowest BCUT2D eigenvalue weighted by atomic mass is 10.2. The molecular formula is C21H27Cl2N3O2+2. The van der Waals surface area contributed by atoms with Crippen LogP contribution in [0.15, 0.2) is 48.5 Å². The smallest absolute Gasteiger partial charge is 0.282 e. The Bertz CT molecular complexity index is 760. The molecule has 1 fully saturated rings. The van der Waals surface area contributed by atoms with Gasteiger partial charge in [-0.3, -0.25) is 4.79 Å². The number of benzene rings is 2. The Labute approximate surface area is 176 Å². The third-order valence-corrected chi connectivity index (χ3v) is 5.76. The normalized spacial score (nSPS) is 20.4. The van der Waals surface area contributed by atoms with Gasteiger partial charge in [-0.25, -0.2) is 0 Å². The Morgan fingerprint density at radius 2 is 1.57 bits per heavy atom. The van der Waals surface area contributed by atoms with Crippen molar-refractivity contribution in [2.75, 3.05) is 44.6 Å². The third kappa shape index (κ3) is 6.11. The van der Waals surface area contributed by atoms with Gasteiger partial charge in [-0.1, -0.05) is 23.2 Å². The highest BCUT2D eigenvalue weighted by molar-refractivity contribution is 6.30. The number of carbonyl (C=O) groups excluding carboxylic acids is 1. The standard InChI is InChI=1S/C21H25Cl2N3O2/c1-16(21(27)24-19-6-2-17(22)3-7-19)26-12-10-25(11-13-26)14-15-28-20-8-4-18(23)5-9-20/h2-9,16H,10-15H2,1H3,(H,24,27)/p+2/t16-/m1/s1. The number of piperazine rings is 1. The van der Waals surface area contributed by atoms with Crippen LogP contribution in [-0.2, 0) is 4.79 Å². The number of nitrogens with one attached hydrogen (secondary N) is 3. The minimum atomic E-state index is -0.0810. The van der Waals surface area contributed by atoms with Crippen LogP contribution in [0, 0.1) is 0 Å². The van der Waals surface area contributed by atoms with Gasteiger partial charge in [0.2, 0.25) is 0 Å². The van der Waals surface area contributed by atoms with Crippen molar-refractivity contribution >= 4 is 34.8 Å². The van der Waals surface area contributed by atoms with Crippen LogP contribution in [0.5, 0.6) is 5.75 Å². The maximum absolute atomic E-state index is 12.5. The largest absolute Gasteiger partial charge is 0.488 e. The summed E-state index contributed by atoms with van der Waals surface area (Å²) in [6.07, 6.45) is 0. The van der Waals surface area contributed by atoms with E-state index in [4.69, 9.17) is 27.9 Å². The van der Waals surface area contributed by atoms with Crippen LogP contribution in [0.4, 0.5) is 5.69 Å². The molecule has 0 spiro atoms. The lowest BCUT2D eigenvalue weighted by Crippen LogP contribution is -3.30. The van der Waals surface area contributed by atoms with Gasteiger partial charge in [0.1, 0.15) is 45.1 Å². The molecule has 5 nitrogen and oxygen atoms in total. The van der Waals surface area contributed by atoms with E-state index in [1.807, 2.05) is 43.3 Å². The monoisotopic (exact) mass is 423 g/mol. The fourth-order valence-electron chi connectivity index (χ4n) is 3.42. The second-order valence-electron chi connectivity index (χ2n) is 7.18. The minimum absolute atomic E-state index is 0.0480. The average Bonchev–Trinajstić information content (AvgIpc) is 2.71. The van der Waals surface area contributed by atoms with Crippen LogP contribution in [-0.4, -0.2) is 51.3 Å². The van der Waals surface area contributed by atoms with Crippen molar-refractivity contribution in [3.05, 3.63) is 58.6 Å². The molecule has 0 saturated carbocycles. The Kier molecular flexibility index (Phi) is 7.57. The SMILES string of the molecule is C[C@H](C(=O)Nc1ccc(Cl)cc1)[NH+]1CC[NH+](CCOc2ccc(Cl)cc2)CC1. The fourth-order valence-corrected chi connectivity index (χ4v) is 3.67. The van der Waals surface area contributed by atoms with Gasteiger partial charge in [-0.2, -0.15) is 0 Å². The first-order chi connectivity index (χ1) is 13.5. The van der Waals surface area contributed by atoms with Crippen LogP contribution >= 0.6 is 23.2 Å². The lowest BCUT2D eigenvalue weighted by Gasteiger charge is -2.32. The summed E-state index contributed by atoms with van der Waals surface area (Å²) in [7, 11) is 0. The van der Waals surface area contributed by atoms with Crippen molar-refractivity contribution in [2.45, 2.75) is 13.0 Å². The van der Waals surface area contributed by atoms with E-state index in [0.29, 0.717) is 16.7 Å². The molecule has 3 rings (SSSR count). The molecule has 0 aliphatic carbocycles. The van der Waals surface area contributed by atoms with E-state index >= 15 is 0 Å². The summed E-state index contributed by atoms with van der Waals surface area (Å²) in [5.41, 5.74) is 0.782. The molecule has 3 N–H and O–H groups in total. The summed E-state index contributed by atoms with van der Waals surface area (Å²) >= 11 is 11.8. The van der Waals surface area contributed by atoms with Gasteiger partial charge in [0, 0.05) is 15.7 Å². The number of quaternary nitrogens is 2. The number of carbonyl (C=O) groups is 1. The third-order valence-electron chi connectivity index (χ3n) is 5.25. The van der Waals surface area contributed by atoms with Gasteiger partial charge in [0.25, 0.3) is 5.91 Å². The Hall–Kier alpha value is -1.79. The zero-order valence-corrected chi connectivity index (χ0v) is 17.5. The van der Waals surface area contributed by atoms with Crippen LogP contribution in [0.1, 0.15) is 6.92 Å². The second-order valence-corrected chi connectivity index (χ2v) is 8.05. The maximum atomic E-state index is 12.5. The maximum Gasteiger partial charge on any atom is 0.282 e. The summed E-state index contributed by atoms with van der Waals surface area (Å²) < 4.78 is 5.79. The molecule has 28 heavy (non-hydrogen) atoms. The molecule has 7 heteroatoms. The van der Waals surface area contributed by atoms with E-state index in [2.05, 4.69) is 5.32 Å². The topological polar surface area (TPSA) is 47.2 Å². The van der Waals surface area contributed by atoms with E-state index in [-0.39, 0.29) is 11.9 Å². The number of hydrogen-bond donors (Lipinski definition) is 3. The molecule has 1 atom stereocenters. The van der Waals surface area contributed by atoms with Crippen LogP contribution in [0.2, 0.25) is 10.0 Å². The minimum Gasteiger partial charge on any atom is -0.488 e. The molecule has 0 radical (unpaired) electrons. The predicted molar refractivity (Wildman–Crippen MR) is 113 cm³/mol. The molecule has 1 saturated heterocycles. The molecule has 2 aromatic rings. The van der Waals surface area contributed by atoms with Crippen molar-refractivity contribution in [2.24, 2.45) is 0 Å². The van der Waals surface area contributed by atoms with Crippen LogP contribution in [0.25, 0.3) is 0 Å². The van der Waals surface area contributed by atoms with E-state index in [1.54, 1.807) is 12.1 Å². The summed E-state index contributed by atoms with van der Waals surface area (Å²) in [6, 6.07) is 14.6. The van der Waals surface area contributed by atoms with E-state index in [0.717, 1.165) is 44.2 Å². The molecule has 0 bridgehead atoms. The van der Waals surface area contributed by atoms with Gasteiger partial charge in [-0.15, -0.1) is 0 Å². The quantitative estimate of drug-likeness (QED) is 0.626. The van der Waals surface area contributed by atoms with Crippen LogP contribution in [0.3, 0.4) is 0 Å². The lowest BCUT2D eigenvalue weighted by molar-refractivity contribution is -1.02. The molecule has 150 valence electrons. The molecule has 2 aromatic carbocycles. The Morgan fingerprint density at radius 1 is 1.00 bits per heavy atom. The second kappa shape index (κ2) is 10.1. The Balaban J connectivity index is 1.38. The van der Waals surface area contributed by atoms with Crippen molar-refractivity contribution < 1.29 is 19.3 Å². The number of ether oxygens (including phenoxy) is 1. The highest BCUT2D eigenvalue weighted by Gasteiger charge is 2.30. The van der Waals surface area contributed by atoms with E-state index < -0.39 is 0 Å². The number of rotatable bonds is 7. The zero-order chi connectivity index (χ0) is 19.9. The van der Waals surface area contributed by atoms with Gasteiger partial charge in [0.15, 0.2) is 6.04 Å². The highest BCUT2D eigenvalue weighted by Crippen LogP contribution is 2.15. The number of hydrogen-bond acceptors (Lipinski definition) is 2. The van der Waals surface area contributed by atoms with Crippen molar-refractivity contribution in [3.8, 4) is 5.75 Å². The van der Waals surface area contributed by atoms with Gasteiger partial charge in [-0.05, 0) is 55.5 Å². The molecular weight excluding hydrogens is 397 g/mol. The number of amides is 1. The highest BCUT2D eigenvalue weighted by atomic mass is 35.5. The molecule has 1 aliphatic heterocycles. The molecule has 1 aliphatic rings. The van der Waals surface area contributed by atoms with E-state index in [1.165, 1.54) is 9.80 Å². The number of anilines is 1. The first-order valence-corrected chi connectivity index (χ1v) is 10.4. The predicted octanol–water partition coefficient (Wildman–Crippen LogP) is 1.18. The van der Waals surface area contributed by atoms with Gasteiger partial charge < -0.3 is 19.9 Å². The molecule has 0 unspecified atom stereocenters. The number of halogens is 2. The summed E-state index contributed by atoms with van der Waals surface area (Å²) in [6.45, 7) is 7.67. The molecule has 1 heterocycles. The first kappa shape index (κ1) is 20.9. The van der Waals surface area contributed by atoms with Crippen molar-refractivity contribution in [1.82, 2.24) is 0 Å². The van der Waals surface area contributed by atoms with Crippen LogP contribution < -0.4 is 19.9 Å².